The van der Waals surface area contributed by atoms with Crippen LogP contribution in [0, 0.1) is 0 Å². The van der Waals surface area contributed by atoms with Crippen LogP contribution in [0.2, 0.25) is 0 Å². The van der Waals surface area contributed by atoms with Gasteiger partial charge in [0.25, 0.3) is 5.91 Å². The van der Waals surface area contributed by atoms with Crippen molar-refractivity contribution in [2.24, 2.45) is 5.73 Å². The third kappa shape index (κ3) is 5.40. The molecule has 0 aliphatic carbocycles. The number of rotatable bonds is 3. The van der Waals surface area contributed by atoms with E-state index in [2.05, 4.69) is 5.32 Å². The van der Waals surface area contributed by atoms with Gasteiger partial charge in [0, 0.05) is 17.6 Å². The Morgan fingerprint density at radius 3 is 2.33 bits per heavy atom. The maximum atomic E-state index is 11.5. The van der Waals surface area contributed by atoms with Gasteiger partial charge in [-0.2, -0.15) is 0 Å². The first-order valence-electron chi connectivity index (χ1n) is 4.61. The predicted octanol–water partition coefficient (Wildman–Crippen LogP) is 1.58. The summed E-state index contributed by atoms with van der Waals surface area (Å²) in [6.07, 6.45) is 0. The lowest BCUT2D eigenvalue weighted by molar-refractivity contribution is 0.0946. The molecule has 1 rings (SSSR count). The van der Waals surface area contributed by atoms with E-state index in [1.807, 2.05) is 32.0 Å². The SMILES string of the molecule is CC(C)(N)CNC(=O)c1ccccc1.Cl. The summed E-state index contributed by atoms with van der Waals surface area (Å²) in [5.74, 6) is -0.0795. The molecule has 4 heteroatoms. The highest BCUT2D eigenvalue weighted by molar-refractivity contribution is 5.94. The Morgan fingerprint density at radius 1 is 1.33 bits per heavy atom. The van der Waals surface area contributed by atoms with Crippen LogP contribution in [0.1, 0.15) is 24.2 Å². The van der Waals surface area contributed by atoms with Gasteiger partial charge in [-0.25, -0.2) is 0 Å². The first-order chi connectivity index (χ1) is 6.49. The van der Waals surface area contributed by atoms with Crippen LogP contribution in [-0.2, 0) is 0 Å². The second-order valence-corrected chi connectivity index (χ2v) is 4.04. The highest BCUT2D eigenvalue weighted by Crippen LogP contribution is 1.99. The fourth-order valence-electron chi connectivity index (χ4n) is 1.000. The first kappa shape index (κ1) is 13.9. The summed E-state index contributed by atoms with van der Waals surface area (Å²) in [5, 5.41) is 2.77. The highest BCUT2D eigenvalue weighted by Gasteiger charge is 2.12. The molecule has 0 aromatic heterocycles. The van der Waals surface area contributed by atoms with Gasteiger partial charge >= 0.3 is 0 Å². The maximum absolute atomic E-state index is 11.5. The molecule has 3 N–H and O–H groups in total. The predicted molar refractivity (Wildman–Crippen MR) is 64.3 cm³/mol. The number of carbonyl (C=O) groups is 1. The zero-order valence-corrected chi connectivity index (χ0v) is 9.80. The fourth-order valence-corrected chi connectivity index (χ4v) is 1.000. The molecule has 0 bridgehead atoms. The summed E-state index contributed by atoms with van der Waals surface area (Å²) in [4.78, 5) is 11.5. The van der Waals surface area contributed by atoms with Gasteiger partial charge in [-0.3, -0.25) is 4.79 Å². The molecular formula is C11H17ClN2O. The second-order valence-electron chi connectivity index (χ2n) is 4.04. The van der Waals surface area contributed by atoms with E-state index in [-0.39, 0.29) is 23.9 Å². The third-order valence-corrected chi connectivity index (χ3v) is 1.74. The van der Waals surface area contributed by atoms with Crippen molar-refractivity contribution in [3.63, 3.8) is 0 Å². The molecule has 0 saturated carbocycles. The molecule has 0 fully saturated rings. The molecule has 1 aromatic carbocycles. The van der Waals surface area contributed by atoms with Gasteiger partial charge in [-0.05, 0) is 26.0 Å². The molecular weight excluding hydrogens is 212 g/mol. The van der Waals surface area contributed by atoms with Gasteiger partial charge in [0.1, 0.15) is 0 Å². The Kier molecular flexibility index (Phi) is 5.33. The van der Waals surface area contributed by atoms with Crippen molar-refractivity contribution < 1.29 is 4.79 Å². The van der Waals surface area contributed by atoms with Crippen LogP contribution in [0.15, 0.2) is 30.3 Å². The maximum Gasteiger partial charge on any atom is 0.251 e. The number of nitrogens with one attached hydrogen (secondary N) is 1. The average molecular weight is 229 g/mol. The Balaban J connectivity index is 0.00000196. The van der Waals surface area contributed by atoms with E-state index in [1.165, 1.54) is 0 Å². The smallest absolute Gasteiger partial charge is 0.251 e. The van der Waals surface area contributed by atoms with E-state index in [0.29, 0.717) is 12.1 Å². The van der Waals surface area contributed by atoms with Gasteiger partial charge in [0.15, 0.2) is 0 Å². The van der Waals surface area contributed by atoms with E-state index in [1.54, 1.807) is 12.1 Å². The molecule has 0 spiro atoms. The van der Waals surface area contributed by atoms with E-state index >= 15 is 0 Å². The molecule has 84 valence electrons. The van der Waals surface area contributed by atoms with Crippen LogP contribution in [0.5, 0.6) is 0 Å². The van der Waals surface area contributed by atoms with Gasteiger partial charge < -0.3 is 11.1 Å². The number of carbonyl (C=O) groups excluding carboxylic acids is 1. The van der Waals surface area contributed by atoms with Crippen LogP contribution in [0.3, 0.4) is 0 Å². The minimum Gasteiger partial charge on any atom is -0.350 e. The second kappa shape index (κ2) is 5.73. The normalized spacial score (nSPS) is 10.3. The number of hydrogen-bond acceptors (Lipinski definition) is 2. The molecule has 3 nitrogen and oxygen atoms in total. The first-order valence-corrected chi connectivity index (χ1v) is 4.61. The zero-order valence-electron chi connectivity index (χ0n) is 8.99. The van der Waals surface area contributed by atoms with Gasteiger partial charge in [-0.1, -0.05) is 18.2 Å². The molecule has 0 radical (unpaired) electrons. The van der Waals surface area contributed by atoms with Crippen LogP contribution < -0.4 is 11.1 Å². The average Bonchev–Trinajstić information content (AvgIpc) is 2.14. The van der Waals surface area contributed by atoms with Crippen molar-refractivity contribution in [1.29, 1.82) is 0 Å². The van der Waals surface area contributed by atoms with Crippen LogP contribution in [0.25, 0.3) is 0 Å². The van der Waals surface area contributed by atoms with Crippen LogP contribution >= 0.6 is 12.4 Å². The lowest BCUT2D eigenvalue weighted by Crippen LogP contribution is -2.45. The van der Waals surface area contributed by atoms with Crippen molar-refractivity contribution in [1.82, 2.24) is 5.32 Å². The summed E-state index contributed by atoms with van der Waals surface area (Å²) in [7, 11) is 0. The van der Waals surface area contributed by atoms with E-state index in [4.69, 9.17) is 5.73 Å². The molecule has 0 aliphatic heterocycles. The Morgan fingerprint density at radius 2 is 1.87 bits per heavy atom. The summed E-state index contributed by atoms with van der Waals surface area (Å²) in [5.41, 5.74) is 6.04. The van der Waals surface area contributed by atoms with E-state index in [0.717, 1.165) is 0 Å². The number of nitrogens with two attached hydrogens (primary N) is 1. The molecule has 0 atom stereocenters. The molecule has 15 heavy (non-hydrogen) atoms. The standard InChI is InChI=1S/C11H16N2O.ClH/c1-11(2,12)8-13-10(14)9-6-4-3-5-7-9;/h3-7H,8,12H2,1-2H3,(H,13,14);1H. The number of hydrogen-bond donors (Lipinski definition) is 2. The van der Waals surface area contributed by atoms with Gasteiger partial charge in [-0.15, -0.1) is 12.4 Å². The Bertz CT molecular complexity index is 306. The topological polar surface area (TPSA) is 55.1 Å². The molecule has 0 saturated heterocycles. The quantitative estimate of drug-likeness (QED) is 0.825. The summed E-state index contributed by atoms with van der Waals surface area (Å²) >= 11 is 0. The number of amides is 1. The number of benzene rings is 1. The molecule has 0 aliphatic rings. The minimum atomic E-state index is -0.371. The molecule has 0 heterocycles. The van der Waals surface area contributed by atoms with Crippen molar-refractivity contribution in [3.05, 3.63) is 35.9 Å². The van der Waals surface area contributed by atoms with Gasteiger partial charge in [0.2, 0.25) is 0 Å². The minimum absolute atomic E-state index is 0. The van der Waals surface area contributed by atoms with Gasteiger partial charge in [0.05, 0.1) is 0 Å². The van der Waals surface area contributed by atoms with E-state index < -0.39 is 0 Å². The lowest BCUT2D eigenvalue weighted by Gasteiger charge is -2.18. The fraction of sp³-hybridized carbons (Fsp3) is 0.364. The Hall–Kier alpha value is -1.06. The summed E-state index contributed by atoms with van der Waals surface area (Å²) in [6.45, 7) is 4.22. The van der Waals surface area contributed by atoms with Crippen molar-refractivity contribution in [3.8, 4) is 0 Å². The van der Waals surface area contributed by atoms with Crippen molar-refractivity contribution >= 4 is 18.3 Å². The molecule has 1 amide bonds. The molecule has 1 aromatic rings. The summed E-state index contributed by atoms with van der Waals surface area (Å²) in [6, 6.07) is 9.10. The van der Waals surface area contributed by atoms with Crippen LogP contribution in [0.4, 0.5) is 0 Å². The van der Waals surface area contributed by atoms with E-state index in [9.17, 15) is 4.79 Å². The van der Waals surface area contributed by atoms with Crippen LogP contribution in [-0.4, -0.2) is 18.0 Å². The molecule has 0 unspecified atom stereocenters. The monoisotopic (exact) mass is 228 g/mol. The summed E-state index contributed by atoms with van der Waals surface area (Å²) < 4.78 is 0. The lowest BCUT2D eigenvalue weighted by atomic mass is 10.1. The van der Waals surface area contributed by atoms with Crippen molar-refractivity contribution in [2.45, 2.75) is 19.4 Å². The van der Waals surface area contributed by atoms with Crippen molar-refractivity contribution in [2.75, 3.05) is 6.54 Å². The highest BCUT2D eigenvalue weighted by atomic mass is 35.5. The number of halogens is 1. The third-order valence-electron chi connectivity index (χ3n) is 1.74. The Labute approximate surface area is 96.5 Å². The largest absolute Gasteiger partial charge is 0.350 e. The zero-order chi connectivity index (χ0) is 10.6.